The summed E-state index contributed by atoms with van der Waals surface area (Å²) in [5.41, 5.74) is 10.1. The Balaban J connectivity index is 1.38. The van der Waals surface area contributed by atoms with Gasteiger partial charge in [-0.1, -0.05) is 103 Å². The smallest absolute Gasteiger partial charge is 0.235 e. The molecule has 6 aromatic carbocycles. The number of fused-ring (bicyclic) bond motifs is 10. The van der Waals surface area contributed by atoms with Crippen molar-refractivity contribution in [3.63, 3.8) is 0 Å². The summed E-state index contributed by atoms with van der Waals surface area (Å²) >= 11 is 1.86. The van der Waals surface area contributed by atoms with Crippen molar-refractivity contribution in [3.05, 3.63) is 145 Å². The number of aromatic nitrogens is 4. The van der Waals surface area contributed by atoms with Crippen molar-refractivity contribution in [2.24, 2.45) is 0 Å². The lowest BCUT2D eigenvalue weighted by molar-refractivity contribution is 1.02. The van der Waals surface area contributed by atoms with Crippen molar-refractivity contribution in [1.29, 1.82) is 0 Å². The second-order valence-corrected chi connectivity index (χ2v) is 13.3. The molecule has 0 aliphatic rings. The number of benzene rings is 6. The molecule has 4 aromatic heterocycles. The molecule has 47 heavy (non-hydrogen) atoms. The molecule has 0 unspecified atom stereocenters. The maximum Gasteiger partial charge on any atom is 0.235 e. The van der Waals surface area contributed by atoms with E-state index in [2.05, 4.69) is 156 Å². The van der Waals surface area contributed by atoms with Gasteiger partial charge in [0.2, 0.25) is 5.95 Å². The quantitative estimate of drug-likeness (QED) is 0.197. The van der Waals surface area contributed by atoms with Crippen LogP contribution in [0.3, 0.4) is 0 Å². The minimum absolute atomic E-state index is 0.689. The van der Waals surface area contributed by atoms with Gasteiger partial charge >= 0.3 is 0 Å². The van der Waals surface area contributed by atoms with Crippen molar-refractivity contribution in [2.45, 2.75) is 13.8 Å². The summed E-state index contributed by atoms with van der Waals surface area (Å²) in [6, 6.07) is 47.6. The van der Waals surface area contributed by atoms with Gasteiger partial charge in [-0.15, -0.1) is 11.3 Å². The Morgan fingerprint density at radius 1 is 0.511 bits per heavy atom. The Hall–Kier alpha value is -5.78. The van der Waals surface area contributed by atoms with Crippen LogP contribution in [0.1, 0.15) is 11.1 Å². The van der Waals surface area contributed by atoms with Crippen LogP contribution in [0.4, 0.5) is 0 Å². The molecule has 222 valence electrons. The van der Waals surface area contributed by atoms with E-state index in [0.717, 1.165) is 33.3 Å². The molecule has 0 N–H and O–H groups in total. The number of nitrogens with zero attached hydrogens (tertiary/aromatic N) is 4. The monoisotopic (exact) mass is 620 g/mol. The van der Waals surface area contributed by atoms with Gasteiger partial charge < -0.3 is 4.57 Å². The predicted molar refractivity (Wildman–Crippen MR) is 199 cm³/mol. The molecule has 0 aliphatic heterocycles. The summed E-state index contributed by atoms with van der Waals surface area (Å²) < 4.78 is 5.96. The maximum atomic E-state index is 5.45. The number of hydrogen-bond acceptors (Lipinski definition) is 3. The van der Waals surface area contributed by atoms with E-state index in [9.17, 15) is 0 Å². The highest BCUT2D eigenvalue weighted by Crippen LogP contribution is 2.47. The lowest BCUT2D eigenvalue weighted by Gasteiger charge is -2.15. The summed E-state index contributed by atoms with van der Waals surface area (Å²) in [5, 5.41) is 7.27. The molecule has 10 rings (SSSR count). The number of rotatable bonds is 3. The fraction of sp³-hybridized carbons (Fsp3) is 0.0476. The van der Waals surface area contributed by atoms with Crippen LogP contribution in [0, 0.1) is 13.8 Å². The Morgan fingerprint density at radius 2 is 1.15 bits per heavy atom. The molecule has 0 bridgehead atoms. The van der Waals surface area contributed by atoms with Gasteiger partial charge in [0.25, 0.3) is 0 Å². The molecule has 4 heterocycles. The zero-order valence-corrected chi connectivity index (χ0v) is 26.7. The fourth-order valence-corrected chi connectivity index (χ4v) is 8.97. The van der Waals surface area contributed by atoms with Crippen molar-refractivity contribution in [1.82, 2.24) is 19.1 Å². The van der Waals surface area contributed by atoms with Gasteiger partial charge in [-0.3, -0.25) is 4.57 Å². The second kappa shape index (κ2) is 9.86. The summed E-state index contributed by atoms with van der Waals surface area (Å²) in [4.78, 5) is 12.0. The fourth-order valence-electron chi connectivity index (χ4n) is 7.58. The molecule has 0 amide bonds. The predicted octanol–water partition coefficient (Wildman–Crippen LogP) is 11.3. The zero-order chi connectivity index (χ0) is 31.2. The number of hydrogen-bond donors (Lipinski definition) is 0. The normalized spacial score (nSPS) is 12.0. The zero-order valence-electron chi connectivity index (χ0n) is 25.9. The first-order chi connectivity index (χ1) is 23.2. The van der Waals surface area contributed by atoms with Crippen LogP contribution < -0.4 is 0 Å². The molecule has 4 nitrogen and oxygen atoms in total. The first-order valence-corrected chi connectivity index (χ1v) is 16.8. The Bertz CT molecular complexity index is 2850. The lowest BCUT2D eigenvalue weighted by atomic mass is 9.97. The minimum Gasteiger partial charge on any atom is -0.301 e. The van der Waals surface area contributed by atoms with E-state index >= 15 is 0 Å². The molecule has 10 aromatic rings. The summed E-state index contributed by atoms with van der Waals surface area (Å²) in [7, 11) is 0. The van der Waals surface area contributed by atoms with E-state index in [-0.39, 0.29) is 0 Å². The van der Waals surface area contributed by atoms with Crippen LogP contribution in [0.15, 0.2) is 133 Å². The Labute approximate surface area is 274 Å². The van der Waals surface area contributed by atoms with E-state index < -0.39 is 0 Å². The standard InChI is InChI=1S/C42H28N4S/c1-25-13-12-14-26(2)36(25)38-30-18-6-9-20-33(30)43-42(44-38)46-34-21-10-7-17-28(34)29-23-24-32-37-31-19-8-11-22-35(31)45(27-15-4-3-5-16-27)41(37)47-40(32)39(29)46/h3-24H,1-2H3. The van der Waals surface area contributed by atoms with Crippen LogP contribution in [-0.4, -0.2) is 19.1 Å². The van der Waals surface area contributed by atoms with Crippen molar-refractivity contribution in [3.8, 4) is 22.9 Å². The Morgan fingerprint density at radius 3 is 1.94 bits per heavy atom. The van der Waals surface area contributed by atoms with Crippen LogP contribution in [0.2, 0.25) is 0 Å². The lowest BCUT2D eigenvalue weighted by Crippen LogP contribution is -2.04. The van der Waals surface area contributed by atoms with Crippen LogP contribution in [0.5, 0.6) is 0 Å². The Kier molecular flexibility index (Phi) is 5.55. The summed E-state index contributed by atoms with van der Waals surface area (Å²) in [6.07, 6.45) is 0. The van der Waals surface area contributed by atoms with Gasteiger partial charge in [0, 0.05) is 43.6 Å². The van der Waals surface area contributed by atoms with E-state index in [1.165, 1.54) is 58.7 Å². The molecule has 0 spiro atoms. The molecule has 0 saturated heterocycles. The molecule has 5 heteroatoms. The van der Waals surface area contributed by atoms with Crippen molar-refractivity contribution < 1.29 is 0 Å². The van der Waals surface area contributed by atoms with Gasteiger partial charge in [0.05, 0.1) is 32.5 Å². The van der Waals surface area contributed by atoms with E-state index in [4.69, 9.17) is 9.97 Å². The molecule has 0 atom stereocenters. The number of aryl methyl sites for hydroxylation is 2. The van der Waals surface area contributed by atoms with Gasteiger partial charge in [0.15, 0.2) is 0 Å². The number of thiophene rings is 1. The third-order valence-corrected chi connectivity index (χ3v) is 10.8. The highest BCUT2D eigenvalue weighted by Gasteiger charge is 2.24. The average Bonchev–Trinajstić information content (AvgIpc) is 3.75. The third-order valence-electron chi connectivity index (χ3n) is 9.61. The van der Waals surface area contributed by atoms with Gasteiger partial charge in [-0.05, 0) is 55.3 Å². The van der Waals surface area contributed by atoms with Crippen molar-refractivity contribution in [2.75, 3.05) is 0 Å². The molecule has 0 radical (unpaired) electrons. The molecular weight excluding hydrogens is 593 g/mol. The molecular formula is C42H28N4S. The third kappa shape index (κ3) is 3.69. The summed E-state index contributed by atoms with van der Waals surface area (Å²) in [5.74, 6) is 0.689. The van der Waals surface area contributed by atoms with Crippen LogP contribution >= 0.6 is 11.3 Å². The average molecular weight is 621 g/mol. The first kappa shape index (κ1) is 26.4. The largest absolute Gasteiger partial charge is 0.301 e. The van der Waals surface area contributed by atoms with Gasteiger partial charge in [-0.25, -0.2) is 9.97 Å². The second-order valence-electron chi connectivity index (χ2n) is 12.3. The highest BCUT2D eigenvalue weighted by atomic mass is 32.1. The van der Waals surface area contributed by atoms with Crippen LogP contribution in [-0.2, 0) is 0 Å². The minimum atomic E-state index is 0.689. The van der Waals surface area contributed by atoms with E-state index in [0.29, 0.717) is 5.95 Å². The maximum absolute atomic E-state index is 5.45. The molecule has 0 saturated carbocycles. The SMILES string of the molecule is Cc1cccc(C)c1-c1nc(-n2c3ccccc3c3ccc4c(sc5c4c4ccccc4n5-c4ccccc4)c32)nc2ccccc12. The highest BCUT2D eigenvalue weighted by molar-refractivity contribution is 7.26. The van der Waals surface area contributed by atoms with Gasteiger partial charge in [0.1, 0.15) is 4.83 Å². The van der Waals surface area contributed by atoms with Crippen LogP contribution in [0.25, 0.3) is 86.8 Å². The number of para-hydroxylation sites is 4. The van der Waals surface area contributed by atoms with Crippen molar-refractivity contribution >= 4 is 75.3 Å². The molecule has 0 fully saturated rings. The first-order valence-electron chi connectivity index (χ1n) is 15.9. The van der Waals surface area contributed by atoms with E-state index in [1.807, 2.05) is 11.3 Å². The topological polar surface area (TPSA) is 35.6 Å². The van der Waals surface area contributed by atoms with Gasteiger partial charge in [-0.2, -0.15) is 0 Å². The van der Waals surface area contributed by atoms with E-state index in [1.54, 1.807) is 0 Å². The summed E-state index contributed by atoms with van der Waals surface area (Å²) in [6.45, 7) is 4.35. The molecule has 0 aliphatic carbocycles.